The summed E-state index contributed by atoms with van der Waals surface area (Å²) in [6.45, 7) is 0.0924. The van der Waals surface area contributed by atoms with E-state index >= 15 is 0 Å². The largest absolute Gasteiger partial charge is 0.493 e. The Morgan fingerprint density at radius 1 is 0.967 bits per heavy atom. The van der Waals surface area contributed by atoms with Gasteiger partial charge in [-0.05, 0) is 29.8 Å². The first-order valence-electron chi connectivity index (χ1n) is 8.65. The molecule has 0 spiro atoms. The lowest BCUT2D eigenvalue weighted by Crippen LogP contribution is -1.95. The number of ether oxygens (including phenoxy) is 5. The first-order chi connectivity index (χ1) is 14.5. The Morgan fingerprint density at radius 3 is 2.40 bits per heavy atom. The molecule has 0 saturated carbocycles. The van der Waals surface area contributed by atoms with Crippen molar-refractivity contribution in [3.05, 3.63) is 30.5 Å². The fraction of sp³-hybridized carbons (Fsp3) is 0.211. The monoisotopic (exact) mass is 435 g/mol. The second kappa shape index (κ2) is 8.17. The molecule has 1 N–H and O–H groups in total. The van der Waals surface area contributed by atoms with Gasteiger partial charge in [0.05, 0.1) is 27.5 Å². The van der Waals surface area contributed by atoms with E-state index in [1.54, 1.807) is 24.3 Å². The SMILES string of the molecule is COc1cc(-c2cnoc2-c2cc(OC)c3c(c2)OCO3)cc(O[PH](=O)O)c1OC. The van der Waals surface area contributed by atoms with E-state index in [9.17, 15) is 9.46 Å². The highest BCUT2D eigenvalue weighted by Gasteiger charge is 2.25. The molecule has 158 valence electrons. The zero-order valence-corrected chi connectivity index (χ0v) is 17.3. The van der Waals surface area contributed by atoms with Gasteiger partial charge < -0.3 is 37.6 Å². The molecule has 1 aliphatic heterocycles. The Kier molecular flexibility index (Phi) is 5.43. The van der Waals surface area contributed by atoms with Crippen molar-refractivity contribution < 1.29 is 42.2 Å². The van der Waals surface area contributed by atoms with Crippen molar-refractivity contribution in [2.75, 3.05) is 28.1 Å². The number of fused-ring (bicyclic) bond motifs is 1. The zero-order valence-electron chi connectivity index (χ0n) is 16.3. The van der Waals surface area contributed by atoms with Gasteiger partial charge in [0.2, 0.25) is 18.3 Å². The molecule has 0 saturated heterocycles. The Hall–Kier alpha value is -3.36. The van der Waals surface area contributed by atoms with Gasteiger partial charge in [-0.15, -0.1) is 0 Å². The maximum Gasteiger partial charge on any atom is 0.365 e. The molecule has 3 aromatic rings. The van der Waals surface area contributed by atoms with Crippen LogP contribution in [-0.4, -0.2) is 38.2 Å². The summed E-state index contributed by atoms with van der Waals surface area (Å²) in [5.74, 6) is 2.48. The van der Waals surface area contributed by atoms with Gasteiger partial charge in [0, 0.05) is 11.1 Å². The summed E-state index contributed by atoms with van der Waals surface area (Å²) in [5, 5.41) is 3.91. The molecule has 11 heteroatoms. The molecule has 0 aliphatic carbocycles. The third-order valence-electron chi connectivity index (χ3n) is 4.44. The molecule has 30 heavy (non-hydrogen) atoms. The molecule has 0 radical (unpaired) electrons. The van der Waals surface area contributed by atoms with Crippen LogP contribution in [0.4, 0.5) is 0 Å². The molecule has 1 aromatic heterocycles. The van der Waals surface area contributed by atoms with E-state index in [-0.39, 0.29) is 18.3 Å². The summed E-state index contributed by atoms with van der Waals surface area (Å²) in [5.41, 5.74) is 1.79. The maximum atomic E-state index is 11.3. The van der Waals surface area contributed by atoms with Crippen molar-refractivity contribution in [3.8, 4) is 56.9 Å². The molecular formula is C19H18NO9P. The Morgan fingerprint density at radius 2 is 1.70 bits per heavy atom. The molecular weight excluding hydrogens is 417 g/mol. The van der Waals surface area contributed by atoms with Gasteiger partial charge in [-0.2, -0.15) is 0 Å². The Balaban J connectivity index is 1.85. The highest BCUT2D eigenvalue weighted by Crippen LogP contribution is 2.48. The van der Waals surface area contributed by atoms with Crippen LogP contribution in [0.25, 0.3) is 22.5 Å². The first-order valence-corrected chi connectivity index (χ1v) is 9.92. The third kappa shape index (κ3) is 3.51. The normalized spacial score (nSPS) is 13.1. The highest BCUT2D eigenvalue weighted by molar-refractivity contribution is 7.32. The van der Waals surface area contributed by atoms with Crippen LogP contribution in [0.1, 0.15) is 0 Å². The molecule has 2 heterocycles. The molecule has 4 rings (SSSR count). The predicted octanol–water partition coefficient (Wildman–Crippen LogP) is 3.52. The van der Waals surface area contributed by atoms with Gasteiger partial charge in [-0.3, -0.25) is 0 Å². The molecule has 0 amide bonds. The first kappa shape index (κ1) is 19.9. The molecule has 10 nitrogen and oxygen atoms in total. The van der Waals surface area contributed by atoms with Crippen LogP contribution in [-0.2, 0) is 4.57 Å². The quantitative estimate of drug-likeness (QED) is 0.552. The molecule has 1 unspecified atom stereocenters. The Bertz CT molecular complexity index is 1110. The van der Waals surface area contributed by atoms with Crippen LogP contribution in [0.3, 0.4) is 0 Å². The van der Waals surface area contributed by atoms with Gasteiger partial charge >= 0.3 is 8.25 Å². The highest BCUT2D eigenvalue weighted by atomic mass is 31.1. The minimum atomic E-state index is -3.28. The Labute approximate surface area is 171 Å². The van der Waals surface area contributed by atoms with Crippen LogP contribution in [0.15, 0.2) is 35.0 Å². The number of nitrogens with zero attached hydrogens (tertiary/aromatic N) is 1. The number of methoxy groups -OCH3 is 3. The van der Waals surface area contributed by atoms with Crippen molar-refractivity contribution in [2.45, 2.75) is 0 Å². The second-order valence-electron chi connectivity index (χ2n) is 6.06. The van der Waals surface area contributed by atoms with Crippen LogP contribution >= 0.6 is 8.25 Å². The average molecular weight is 435 g/mol. The number of rotatable bonds is 7. The fourth-order valence-electron chi connectivity index (χ4n) is 3.17. The summed E-state index contributed by atoms with van der Waals surface area (Å²) >= 11 is 0. The van der Waals surface area contributed by atoms with E-state index in [0.717, 1.165) is 0 Å². The van der Waals surface area contributed by atoms with Crippen LogP contribution in [0.5, 0.6) is 34.5 Å². The molecule has 0 bridgehead atoms. The predicted molar refractivity (Wildman–Crippen MR) is 105 cm³/mol. The van der Waals surface area contributed by atoms with E-state index in [2.05, 4.69) is 5.16 Å². The van der Waals surface area contributed by atoms with Crippen molar-refractivity contribution in [3.63, 3.8) is 0 Å². The van der Waals surface area contributed by atoms with Gasteiger partial charge in [-0.1, -0.05) is 5.16 Å². The third-order valence-corrected chi connectivity index (χ3v) is 4.84. The topological polar surface area (TPSA) is 119 Å². The standard InChI is InChI=1S/C19H18NO9P/c1-23-13-4-10(5-16(18(13)25-3)29-30(21)22)12-8-20-28-17(12)11-6-14(24-2)19-15(7-11)26-9-27-19/h4-8,30H,9H2,1-3H3,(H,21,22). The lowest BCUT2D eigenvalue weighted by Gasteiger charge is -2.14. The fourth-order valence-corrected chi connectivity index (χ4v) is 3.51. The van der Waals surface area contributed by atoms with Gasteiger partial charge in [0.15, 0.2) is 28.8 Å². The van der Waals surface area contributed by atoms with E-state index < -0.39 is 8.25 Å². The minimum Gasteiger partial charge on any atom is -0.493 e. The van der Waals surface area contributed by atoms with E-state index in [0.29, 0.717) is 45.4 Å². The molecule has 0 fully saturated rings. The lowest BCUT2D eigenvalue weighted by atomic mass is 10.0. The average Bonchev–Trinajstić information content (AvgIpc) is 3.41. The van der Waals surface area contributed by atoms with Crippen molar-refractivity contribution in [1.82, 2.24) is 5.16 Å². The van der Waals surface area contributed by atoms with E-state index in [1.165, 1.54) is 27.5 Å². The lowest BCUT2D eigenvalue weighted by molar-refractivity contribution is 0.171. The van der Waals surface area contributed by atoms with Crippen LogP contribution in [0, 0.1) is 0 Å². The van der Waals surface area contributed by atoms with Crippen LogP contribution in [0.2, 0.25) is 0 Å². The van der Waals surface area contributed by atoms with Crippen molar-refractivity contribution in [2.24, 2.45) is 0 Å². The molecule has 1 atom stereocenters. The zero-order chi connectivity index (χ0) is 21.3. The summed E-state index contributed by atoms with van der Waals surface area (Å²) in [6.07, 6.45) is 1.51. The second-order valence-corrected chi connectivity index (χ2v) is 6.79. The number of aromatic nitrogens is 1. The smallest absolute Gasteiger partial charge is 0.365 e. The number of benzene rings is 2. The van der Waals surface area contributed by atoms with Gasteiger partial charge in [0.1, 0.15) is 0 Å². The summed E-state index contributed by atoms with van der Waals surface area (Å²) in [4.78, 5) is 9.25. The van der Waals surface area contributed by atoms with Crippen molar-refractivity contribution >= 4 is 8.25 Å². The number of hydrogen-bond donors (Lipinski definition) is 1. The minimum absolute atomic E-state index is 0.0497. The molecule has 1 aliphatic rings. The van der Waals surface area contributed by atoms with Gasteiger partial charge in [0.25, 0.3) is 0 Å². The van der Waals surface area contributed by atoms with Crippen molar-refractivity contribution in [1.29, 1.82) is 0 Å². The van der Waals surface area contributed by atoms with Gasteiger partial charge in [-0.25, -0.2) is 4.57 Å². The van der Waals surface area contributed by atoms with E-state index in [1.807, 2.05) is 0 Å². The number of hydrogen-bond acceptors (Lipinski definition) is 9. The van der Waals surface area contributed by atoms with E-state index in [4.69, 9.17) is 32.7 Å². The summed E-state index contributed by atoms with van der Waals surface area (Å²) in [6, 6.07) is 6.71. The van der Waals surface area contributed by atoms with Crippen LogP contribution < -0.4 is 28.2 Å². The summed E-state index contributed by atoms with van der Waals surface area (Å²) < 4.78 is 48.8. The molecule has 2 aromatic carbocycles. The maximum absolute atomic E-state index is 11.3. The summed E-state index contributed by atoms with van der Waals surface area (Å²) in [7, 11) is 1.10.